The molecule has 5 nitrogen and oxygen atoms in total. The number of aliphatic hydroxyl groups excluding tert-OH is 1. The first kappa shape index (κ1) is 20.5. The van der Waals surface area contributed by atoms with E-state index in [0.29, 0.717) is 6.54 Å². The first-order valence-corrected chi connectivity index (χ1v) is 11.4. The van der Waals surface area contributed by atoms with Crippen molar-refractivity contribution < 1.29 is 5.11 Å². The van der Waals surface area contributed by atoms with Crippen LogP contribution in [0.3, 0.4) is 0 Å². The van der Waals surface area contributed by atoms with Gasteiger partial charge in [-0.1, -0.05) is 24.3 Å². The molecule has 0 amide bonds. The fourth-order valence-electron chi connectivity index (χ4n) is 3.61. The zero-order valence-electron chi connectivity index (χ0n) is 16.5. The molecule has 0 aromatic heterocycles. The van der Waals surface area contributed by atoms with Crippen molar-refractivity contribution >= 4 is 17.7 Å². The van der Waals surface area contributed by atoms with Crippen LogP contribution in [0.5, 0.6) is 0 Å². The minimum atomic E-state index is -0.103. The number of nitrogens with one attached hydrogen (secondary N) is 2. The molecule has 2 aliphatic heterocycles. The van der Waals surface area contributed by atoms with Crippen LogP contribution in [0.25, 0.3) is 0 Å². The van der Waals surface area contributed by atoms with Gasteiger partial charge in [0.15, 0.2) is 5.96 Å². The Bertz CT molecular complexity index is 578. The molecule has 2 saturated heterocycles. The lowest BCUT2D eigenvalue weighted by Gasteiger charge is -2.29. The largest absolute Gasteiger partial charge is 0.393 e. The quantitative estimate of drug-likeness (QED) is 0.493. The van der Waals surface area contributed by atoms with Gasteiger partial charge in [0.2, 0.25) is 0 Å². The van der Waals surface area contributed by atoms with Crippen molar-refractivity contribution in [2.45, 2.75) is 57.1 Å². The second kappa shape index (κ2) is 10.9. The first-order valence-electron chi connectivity index (χ1n) is 10.3. The zero-order valence-corrected chi connectivity index (χ0v) is 17.3. The molecule has 2 aliphatic rings. The third-order valence-electron chi connectivity index (χ3n) is 5.27. The number of likely N-dealkylation sites (tertiary alicyclic amines) is 1. The number of aliphatic imine (C=N–C) groups is 1. The summed E-state index contributed by atoms with van der Waals surface area (Å²) >= 11 is 2.07. The van der Waals surface area contributed by atoms with Crippen LogP contribution in [0.15, 0.2) is 29.3 Å². The number of guanidine groups is 1. The van der Waals surface area contributed by atoms with Crippen molar-refractivity contribution in [3.63, 3.8) is 0 Å². The predicted molar refractivity (Wildman–Crippen MR) is 115 cm³/mol. The van der Waals surface area contributed by atoms with E-state index >= 15 is 0 Å². The summed E-state index contributed by atoms with van der Waals surface area (Å²) in [5.41, 5.74) is 2.57. The molecule has 0 spiro atoms. The molecule has 0 saturated carbocycles. The summed E-state index contributed by atoms with van der Waals surface area (Å²) in [5, 5.41) is 17.2. The third kappa shape index (κ3) is 7.01. The summed E-state index contributed by atoms with van der Waals surface area (Å²) in [6.07, 6.45) is 4.34. The summed E-state index contributed by atoms with van der Waals surface area (Å²) < 4.78 is 0. The summed E-state index contributed by atoms with van der Waals surface area (Å²) in [6.45, 7) is 7.64. The van der Waals surface area contributed by atoms with E-state index in [9.17, 15) is 5.11 Å². The molecule has 0 radical (unpaired) electrons. The summed E-state index contributed by atoms with van der Waals surface area (Å²) in [7, 11) is 0. The topological polar surface area (TPSA) is 59.9 Å². The molecular weight excluding hydrogens is 356 g/mol. The van der Waals surface area contributed by atoms with Crippen molar-refractivity contribution in [3.05, 3.63) is 35.4 Å². The summed E-state index contributed by atoms with van der Waals surface area (Å²) in [6, 6.07) is 8.80. The minimum Gasteiger partial charge on any atom is -0.393 e. The molecule has 0 aliphatic carbocycles. The molecule has 6 heteroatoms. The fraction of sp³-hybridized carbons (Fsp3) is 0.667. The Hall–Kier alpha value is -1.24. The number of aliphatic hydroxyl groups is 1. The highest BCUT2D eigenvalue weighted by molar-refractivity contribution is 8.00. The Morgan fingerprint density at radius 1 is 1.15 bits per heavy atom. The second-order valence-corrected chi connectivity index (χ2v) is 8.94. The maximum Gasteiger partial charge on any atom is 0.191 e. The Kier molecular flexibility index (Phi) is 8.30. The normalized spacial score (nSPS) is 22.1. The van der Waals surface area contributed by atoms with Gasteiger partial charge in [0.25, 0.3) is 0 Å². The molecule has 0 bridgehead atoms. The number of thioether (sulfide) groups is 1. The fourth-order valence-corrected chi connectivity index (χ4v) is 4.81. The molecule has 1 unspecified atom stereocenters. The van der Waals surface area contributed by atoms with Gasteiger partial charge in [0.1, 0.15) is 0 Å². The maximum atomic E-state index is 9.62. The summed E-state index contributed by atoms with van der Waals surface area (Å²) in [4.78, 5) is 7.17. The number of hydrogen-bond donors (Lipinski definition) is 3. The summed E-state index contributed by atoms with van der Waals surface area (Å²) in [5.74, 6) is 2.21. The zero-order chi connectivity index (χ0) is 18.9. The van der Waals surface area contributed by atoms with Gasteiger partial charge in [-0.2, -0.15) is 11.8 Å². The number of rotatable bonds is 7. The molecule has 1 atom stereocenters. The lowest BCUT2D eigenvalue weighted by molar-refractivity contribution is 0.0792. The lowest BCUT2D eigenvalue weighted by Crippen LogP contribution is -2.40. The molecule has 3 N–H and O–H groups in total. The van der Waals surface area contributed by atoms with E-state index in [1.165, 1.54) is 29.7 Å². The Balaban J connectivity index is 1.47. The van der Waals surface area contributed by atoms with Crippen molar-refractivity contribution in [2.75, 3.05) is 31.9 Å². The minimum absolute atomic E-state index is 0.103. The molecule has 1 aromatic rings. The van der Waals surface area contributed by atoms with Crippen LogP contribution < -0.4 is 10.6 Å². The van der Waals surface area contributed by atoms with Crippen LogP contribution in [-0.2, 0) is 13.1 Å². The average molecular weight is 391 g/mol. The van der Waals surface area contributed by atoms with Gasteiger partial charge in [0.05, 0.1) is 12.6 Å². The van der Waals surface area contributed by atoms with E-state index in [-0.39, 0.29) is 6.10 Å². The third-order valence-corrected chi connectivity index (χ3v) is 6.67. The van der Waals surface area contributed by atoms with Crippen LogP contribution in [0.2, 0.25) is 0 Å². The number of piperidine rings is 1. The average Bonchev–Trinajstić information content (AvgIpc) is 3.21. The molecule has 27 heavy (non-hydrogen) atoms. The number of nitrogens with zero attached hydrogens (tertiary/aromatic N) is 2. The maximum absolute atomic E-state index is 9.62. The van der Waals surface area contributed by atoms with Crippen LogP contribution in [0, 0.1) is 0 Å². The van der Waals surface area contributed by atoms with Gasteiger partial charge >= 0.3 is 0 Å². The van der Waals surface area contributed by atoms with Crippen LogP contribution in [0.4, 0.5) is 0 Å². The van der Waals surface area contributed by atoms with Gasteiger partial charge in [0, 0.05) is 38.0 Å². The van der Waals surface area contributed by atoms with Gasteiger partial charge in [-0.05, 0) is 49.5 Å². The van der Waals surface area contributed by atoms with Crippen molar-refractivity contribution in [1.82, 2.24) is 15.5 Å². The predicted octanol–water partition coefficient (Wildman–Crippen LogP) is 2.59. The van der Waals surface area contributed by atoms with Gasteiger partial charge in [-0.25, -0.2) is 4.99 Å². The van der Waals surface area contributed by atoms with Crippen LogP contribution in [-0.4, -0.2) is 59.3 Å². The molecular formula is C21H34N4OS. The standard InChI is InChI=1S/C21H34N4OS/c1-2-22-21(24-15-20-4-3-13-27-20)23-14-17-5-7-18(8-6-17)16-25-11-9-19(26)10-12-25/h5-8,19-20,26H,2-4,9-16H2,1H3,(H2,22,23,24). The highest BCUT2D eigenvalue weighted by Gasteiger charge is 2.17. The SMILES string of the molecule is CCNC(=NCc1ccc(CN2CCC(O)CC2)cc1)NCC1CCCS1. The Labute approximate surface area is 168 Å². The van der Waals surface area contributed by atoms with E-state index in [0.717, 1.165) is 56.8 Å². The van der Waals surface area contributed by atoms with E-state index in [2.05, 4.69) is 58.5 Å². The highest BCUT2D eigenvalue weighted by atomic mass is 32.2. The van der Waals surface area contributed by atoms with Crippen LogP contribution >= 0.6 is 11.8 Å². The molecule has 1 aromatic carbocycles. The molecule has 2 fully saturated rings. The Morgan fingerprint density at radius 2 is 1.89 bits per heavy atom. The van der Waals surface area contributed by atoms with Crippen molar-refractivity contribution in [2.24, 2.45) is 4.99 Å². The van der Waals surface area contributed by atoms with Gasteiger partial charge < -0.3 is 15.7 Å². The van der Waals surface area contributed by atoms with Gasteiger partial charge in [-0.3, -0.25) is 4.90 Å². The smallest absolute Gasteiger partial charge is 0.191 e. The molecule has 2 heterocycles. The Morgan fingerprint density at radius 3 is 2.56 bits per heavy atom. The number of hydrogen-bond acceptors (Lipinski definition) is 4. The van der Waals surface area contributed by atoms with Crippen molar-refractivity contribution in [3.8, 4) is 0 Å². The van der Waals surface area contributed by atoms with E-state index in [1.807, 2.05) is 0 Å². The second-order valence-electron chi connectivity index (χ2n) is 7.53. The highest BCUT2D eigenvalue weighted by Crippen LogP contribution is 2.25. The van der Waals surface area contributed by atoms with Crippen LogP contribution in [0.1, 0.15) is 43.7 Å². The van der Waals surface area contributed by atoms with E-state index in [4.69, 9.17) is 4.99 Å². The van der Waals surface area contributed by atoms with Gasteiger partial charge in [-0.15, -0.1) is 0 Å². The molecule has 3 rings (SSSR count). The van der Waals surface area contributed by atoms with Crippen molar-refractivity contribution in [1.29, 1.82) is 0 Å². The van der Waals surface area contributed by atoms with E-state index < -0.39 is 0 Å². The number of benzene rings is 1. The molecule has 150 valence electrons. The van der Waals surface area contributed by atoms with E-state index in [1.54, 1.807) is 0 Å². The monoisotopic (exact) mass is 390 g/mol. The first-order chi connectivity index (χ1) is 13.2. The lowest BCUT2D eigenvalue weighted by atomic mass is 10.1.